The molecule has 1 aliphatic rings. The van der Waals surface area contributed by atoms with Crippen LogP contribution in [0.2, 0.25) is 0 Å². The van der Waals surface area contributed by atoms with Gasteiger partial charge in [-0.2, -0.15) is 0 Å². The van der Waals surface area contributed by atoms with Gasteiger partial charge in [-0.05, 0) is 83.5 Å². The predicted molar refractivity (Wildman–Crippen MR) is 296 cm³/mol. The van der Waals surface area contributed by atoms with Gasteiger partial charge < -0.3 is 45.1 Å². The minimum absolute atomic E-state index is 0.0415. The van der Waals surface area contributed by atoms with Gasteiger partial charge in [0.05, 0.1) is 25.4 Å². The second kappa shape index (κ2) is 48.5. The zero-order chi connectivity index (χ0) is 52.5. The molecule has 0 aromatic carbocycles. The average Bonchev–Trinajstić information content (AvgIpc) is 3.38. The Bertz CT molecular complexity index is 1530. The molecule has 1 saturated heterocycles. The summed E-state index contributed by atoms with van der Waals surface area (Å²) in [6.45, 7) is 5.56. The molecule has 1 heterocycles. The first kappa shape index (κ1) is 66.6. The van der Waals surface area contributed by atoms with Gasteiger partial charge in [-0.1, -0.05) is 221 Å². The van der Waals surface area contributed by atoms with Crippen LogP contribution >= 0.6 is 0 Å². The third-order valence-electron chi connectivity index (χ3n) is 12.8. The van der Waals surface area contributed by atoms with E-state index in [1.807, 2.05) is 30.4 Å². The number of hydrogen-bond acceptors (Lipinski definition) is 10. The van der Waals surface area contributed by atoms with E-state index >= 15 is 0 Å². The number of aliphatic hydroxyl groups excluding tert-OH is 5. The van der Waals surface area contributed by atoms with Crippen molar-refractivity contribution in [3.05, 3.63) is 97.2 Å². The lowest BCUT2D eigenvalue weighted by atomic mass is 9.99. The highest BCUT2D eigenvalue weighted by Gasteiger charge is 2.47. The first-order chi connectivity index (χ1) is 35.2. The van der Waals surface area contributed by atoms with Gasteiger partial charge in [0.15, 0.2) is 12.4 Å². The summed E-state index contributed by atoms with van der Waals surface area (Å²) in [5.41, 5.74) is 0. The van der Waals surface area contributed by atoms with E-state index in [9.17, 15) is 35.1 Å². The summed E-state index contributed by atoms with van der Waals surface area (Å²) in [5, 5.41) is 56.8. The third kappa shape index (κ3) is 36.5. The van der Waals surface area contributed by atoms with E-state index in [-0.39, 0.29) is 19.4 Å². The van der Waals surface area contributed by atoms with E-state index in [1.54, 1.807) is 6.08 Å². The molecule has 6 N–H and O–H groups in total. The number of nitrogens with one attached hydrogen (secondary N) is 1. The van der Waals surface area contributed by atoms with Crippen molar-refractivity contribution in [2.45, 2.75) is 262 Å². The van der Waals surface area contributed by atoms with Gasteiger partial charge in [0.25, 0.3) is 0 Å². The molecule has 11 heteroatoms. The van der Waals surface area contributed by atoms with Crippen LogP contribution in [0.1, 0.15) is 213 Å². The largest absolute Gasteiger partial charge is 0.454 e. The Kier molecular flexibility index (Phi) is 44.9. The van der Waals surface area contributed by atoms with Crippen LogP contribution in [-0.4, -0.2) is 99.6 Å². The number of allylic oxidation sites excluding steroid dienone is 15. The summed E-state index contributed by atoms with van der Waals surface area (Å²) in [5.74, 6) is -1.27. The smallest absolute Gasteiger partial charge is 0.306 e. The molecule has 0 bridgehead atoms. The molecule has 412 valence electrons. The molecular weight excluding hydrogens is 907 g/mol. The molecule has 72 heavy (non-hydrogen) atoms. The van der Waals surface area contributed by atoms with E-state index in [4.69, 9.17) is 14.2 Å². The van der Waals surface area contributed by atoms with Crippen molar-refractivity contribution in [3.8, 4) is 0 Å². The van der Waals surface area contributed by atoms with Crippen LogP contribution < -0.4 is 5.32 Å². The molecule has 0 aromatic heterocycles. The van der Waals surface area contributed by atoms with Gasteiger partial charge in [-0.15, -0.1) is 0 Å². The minimum atomic E-state index is -1.64. The first-order valence-corrected chi connectivity index (χ1v) is 28.5. The Balaban J connectivity index is 2.78. The summed E-state index contributed by atoms with van der Waals surface area (Å²) in [7, 11) is 0. The topological polar surface area (TPSA) is 175 Å². The molecule has 11 nitrogen and oxygen atoms in total. The Labute approximate surface area is 437 Å². The fraction of sp³-hybridized carbons (Fsp3) is 0.705. The summed E-state index contributed by atoms with van der Waals surface area (Å²) in [6, 6.07) is -1.05. The monoisotopic (exact) mass is 1010 g/mol. The number of aliphatic hydroxyl groups is 5. The average molecular weight is 1010 g/mol. The summed E-state index contributed by atoms with van der Waals surface area (Å²) < 4.78 is 17.5. The lowest BCUT2D eigenvalue weighted by molar-refractivity contribution is -0.305. The molecule has 0 aromatic rings. The van der Waals surface area contributed by atoms with Crippen molar-refractivity contribution < 1.29 is 49.3 Å². The normalized spacial score (nSPS) is 20.2. The molecule has 0 spiro atoms. The molecule has 0 aliphatic carbocycles. The van der Waals surface area contributed by atoms with E-state index in [2.05, 4.69) is 86.8 Å². The number of carbonyl (C=O) groups excluding carboxylic acids is 2. The molecule has 1 aliphatic heterocycles. The van der Waals surface area contributed by atoms with Crippen LogP contribution in [0.4, 0.5) is 0 Å². The highest BCUT2D eigenvalue weighted by molar-refractivity contribution is 5.80. The first-order valence-electron chi connectivity index (χ1n) is 28.5. The van der Waals surface area contributed by atoms with E-state index in [1.165, 1.54) is 64.2 Å². The third-order valence-corrected chi connectivity index (χ3v) is 12.8. The number of rotatable bonds is 46. The number of esters is 1. The van der Waals surface area contributed by atoms with Gasteiger partial charge in [0.2, 0.25) is 5.91 Å². The highest BCUT2D eigenvalue weighted by Crippen LogP contribution is 2.26. The SMILES string of the molecule is CC/C=C/C=C/C=C/CCCCCCCCC(O)C(=O)NC(COC1OC(CO)C(O)C(O)C1OC(=O)CCC/C=C\C/C=C\C/C=C\C/C=C\CCCCC)C(O)/C=C/CCCCCCCCCCCC. The number of carbonyl (C=O) groups is 2. The van der Waals surface area contributed by atoms with Crippen LogP contribution in [0.25, 0.3) is 0 Å². The van der Waals surface area contributed by atoms with E-state index in [0.717, 1.165) is 96.3 Å². The Morgan fingerprint density at radius 1 is 0.569 bits per heavy atom. The fourth-order valence-electron chi connectivity index (χ4n) is 8.23. The van der Waals surface area contributed by atoms with Crippen LogP contribution in [0.3, 0.4) is 0 Å². The Morgan fingerprint density at radius 2 is 1.06 bits per heavy atom. The standard InChI is InChI=1S/C61H103NO10/c1-4-7-10-13-16-19-22-25-27-28-29-31-34-37-40-43-46-49-56(66)72-59-58(68)57(67)55(50-63)71-61(59)70-51-52(53(64)47-44-41-38-35-32-24-21-18-15-12-9-6-3)62-60(69)54(65)48-45-42-39-36-33-30-26-23-20-17-14-11-8-5-2/h8,11,14,16-17,19-20,23,25,27,29,31,37,40,44,47,52-55,57-59,61,63-65,67-68H,4-7,9-10,12-13,15,18,21-22,24,26,28,30,32-36,38-39,41-43,45-46,48-51H2,1-3H3,(H,62,69)/b11-8+,17-14+,19-16-,23-20+,27-25-,31-29-,40-37-,47-44+. The molecular formula is C61H103NO10. The van der Waals surface area contributed by atoms with Gasteiger partial charge >= 0.3 is 5.97 Å². The van der Waals surface area contributed by atoms with Crippen molar-refractivity contribution in [2.75, 3.05) is 13.2 Å². The number of amides is 1. The van der Waals surface area contributed by atoms with Crippen LogP contribution in [-0.2, 0) is 23.8 Å². The maximum Gasteiger partial charge on any atom is 0.306 e. The minimum Gasteiger partial charge on any atom is -0.454 e. The second-order valence-corrected chi connectivity index (χ2v) is 19.3. The summed E-state index contributed by atoms with van der Waals surface area (Å²) >= 11 is 0. The fourth-order valence-corrected chi connectivity index (χ4v) is 8.23. The van der Waals surface area contributed by atoms with Crippen LogP contribution in [0.15, 0.2) is 97.2 Å². The number of ether oxygens (including phenoxy) is 3. The molecule has 8 unspecified atom stereocenters. The predicted octanol–water partition coefficient (Wildman–Crippen LogP) is 12.8. The molecule has 8 atom stereocenters. The summed E-state index contributed by atoms with van der Waals surface area (Å²) in [6.07, 6.45) is 53.1. The molecule has 1 rings (SSSR count). The molecule has 1 amide bonds. The van der Waals surface area contributed by atoms with Gasteiger partial charge in [-0.25, -0.2) is 0 Å². The zero-order valence-corrected chi connectivity index (χ0v) is 45.3. The lowest BCUT2D eigenvalue weighted by Gasteiger charge is -2.41. The molecule has 0 saturated carbocycles. The van der Waals surface area contributed by atoms with Crippen molar-refractivity contribution in [3.63, 3.8) is 0 Å². The van der Waals surface area contributed by atoms with E-state index < -0.39 is 67.4 Å². The van der Waals surface area contributed by atoms with Gasteiger partial charge in [-0.3, -0.25) is 9.59 Å². The number of hydrogen-bond donors (Lipinski definition) is 6. The Hall–Kier alpha value is -3.42. The van der Waals surface area contributed by atoms with Crippen molar-refractivity contribution in [1.29, 1.82) is 0 Å². The van der Waals surface area contributed by atoms with Crippen molar-refractivity contribution in [1.82, 2.24) is 5.32 Å². The van der Waals surface area contributed by atoms with Crippen molar-refractivity contribution in [2.24, 2.45) is 0 Å². The van der Waals surface area contributed by atoms with E-state index in [0.29, 0.717) is 19.3 Å². The lowest BCUT2D eigenvalue weighted by Crippen LogP contribution is -2.61. The maximum absolute atomic E-state index is 13.4. The quantitative estimate of drug-likeness (QED) is 0.0149. The molecule has 1 fully saturated rings. The number of unbranched alkanes of at least 4 members (excludes halogenated alkanes) is 20. The molecule has 0 radical (unpaired) electrons. The summed E-state index contributed by atoms with van der Waals surface area (Å²) in [4.78, 5) is 26.4. The maximum atomic E-state index is 13.4. The Morgan fingerprint density at radius 3 is 1.64 bits per heavy atom. The zero-order valence-electron chi connectivity index (χ0n) is 45.3. The van der Waals surface area contributed by atoms with Crippen LogP contribution in [0.5, 0.6) is 0 Å². The van der Waals surface area contributed by atoms with Crippen LogP contribution in [0, 0.1) is 0 Å². The van der Waals surface area contributed by atoms with Crippen molar-refractivity contribution >= 4 is 11.9 Å². The highest BCUT2D eigenvalue weighted by atomic mass is 16.7. The second-order valence-electron chi connectivity index (χ2n) is 19.3. The van der Waals surface area contributed by atoms with Gasteiger partial charge in [0, 0.05) is 6.42 Å². The van der Waals surface area contributed by atoms with Gasteiger partial charge in [0.1, 0.15) is 24.4 Å².